The van der Waals surface area contributed by atoms with E-state index >= 15 is 0 Å². The molecule has 0 spiro atoms. The van der Waals surface area contributed by atoms with Gasteiger partial charge in [0.05, 0.1) is 0 Å². The standard InChI is InChI=1S/C12H16N6O2/c1-7-6-18-8-9(14-11(18)17(7)5-4-13)15(2)12(20)16(3)10(8)19/h6H,4-5,13H2,1-3H3. The van der Waals surface area contributed by atoms with Gasteiger partial charge in [0.25, 0.3) is 5.56 Å². The van der Waals surface area contributed by atoms with Gasteiger partial charge < -0.3 is 10.3 Å². The summed E-state index contributed by atoms with van der Waals surface area (Å²) in [7, 11) is 3.07. The van der Waals surface area contributed by atoms with Crippen molar-refractivity contribution in [3.05, 3.63) is 32.7 Å². The van der Waals surface area contributed by atoms with Crippen molar-refractivity contribution in [1.29, 1.82) is 0 Å². The number of nitrogens with two attached hydrogens (primary N) is 1. The number of hydrogen-bond acceptors (Lipinski definition) is 4. The highest BCUT2D eigenvalue weighted by atomic mass is 16.2. The van der Waals surface area contributed by atoms with Crippen LogP contribution in [0, 0.1) is 6.92 Å². The van der Waals surface area contributed by atoms with Gasteiger partial charge in [-0.05, 0) is 6.92 Å². The van der Waals surface area contributed by atoms with E-state index in [0.717, 1.165) is 10.3 Å². The van der Waals surface area contributed by atoms with Crippen LogP contribution in [0.3, 0.4) is 0 Å². The predicted octanol–water partition coefficient (Wildman–Crippen LogP) is -1.05. The average molecular weight is 276 g/mol. The highest BCUT2D eigenvalue weighted by Gasteiger charge is 2.18. The fourth-order valence-electron chi connectivity index (χ4n) is 2.54. The fourth-order valence-corrected chi connectivity index (χ4v) is 2.54. The molecule has 0 aliphatic rings. The first-order valence-corrected chi connectivity index (χ1v) is 6.31. The monoisotopic (exact) mass is 276 g/mol. The number of rotatable bonds is 2. The van der Waals surface area contributed by atoms with Crippen molar-refractivity contribution in [1.82, 2.24) is 23.1 Å². The van der Waals surface area contributed by atoms with Gasteiger partial charge >= 0.3 is 5.69 Å². The number of nitrogens with zero attached hydrogens (tertiary/aromatic N) is 5. The highest BCUT2D eigenvalue weighted by molar-refractivity contribution is 5.75. The molecule has 0 unspecified atom stereocenters. The van der Waals surface area contributed by atoms with Crippen molar-refractivity contribution in [3.63, 3.8) is 0 Å². The summed E-state index contributed by atoms with van der Waals surface area (Å²) >= 11 is 0. The molecule has 2 N–H and O–H groups in total. The van der Waals surface area contributed by atoms with E-state index in [2.05, 4.69) is 4.98 Å². The summed E-state index contributed by atoms with van der Waals surface area (Å²) in [6.45, 7) is 3.02. The van der Waals surface area contributed by atoms with Gasteiger partial charge in [-0.3, -0.25) is 18.3 Å². The molecule has 8 heteroatoms. The molecule has 106 valence electrons. The van der Waals surface area contributed by atoms with Gasteiger partial charge in [-0.2, -0.15) is 4.98 Å². The van der Waals surface area contributed by atoms with Crippen LogP contribution < -0.4 is 17.0 Å². The Labute approximate surface area is 113 Å². The third-order valence-electron chi connectivity index (χ3n) is 3.61. The SMILES string of the molecule is Cc1cn2c3c(=O)n(C)c(=O)n(C)c3nc2n1CCN. The molecule has 0 saturated heterocycles. The van der Waals surface area contributed by atoms with Crippen LogP contribution >= 0.6 is 0 Å². The Hall–Kier alpha value is -2.35. The van der Waals surface area contributed by atoms with Gasteiger partial charge in [0.15, 0.2) is 11.2 Å². The van der Waals surface area contributed by atoms with E-state index < -0.39 is 0 Å². The van der Waals surface area contributed by atoms with Crippen molar-refractivity contribution >= 4 is 16.9 Å². The minimum absolute atomic E-state index is 0.347. The van der Waals surface area contributed by atoms with E-state index in [1.807, 2.05) is 17.7 Å². The summed E-state index contributed by atoms with van der Waals surface area (Å²) in [5.41, 5.74) is 6.63. The molecule has 3 aromatic rings. The van der Waals surface area contributed by atoms with E-state index in [1.165, 1.54) is 11.6 Å². The first-order chi connectivity index (χ1) is 9.47. The second-order valence-electron chi connectivity index (χ2n) is 4.87. The van der Waals surface area contributed by atoms with Gasteiger partial charge in [0, 0.05) is 39.1 Å². The fraction of sp³-hybridized carbons (Fsp3) is 0.417. The summed E-state index contributed by atoms with van der Waals surface area (Å²) in [4.78, 5) is 28.7. The maximum Gasteiger partial charge on any atom is 0.332 e. The molecule has 0 atom stereocenters. The van der Waals surface area contributed by atoms with Crippen LogP contribution in [0.1, 0.15) is 5.69 Å². The normalized spacial score (nSPS) is 11.8. The lowest BCUT2D eigenvalue weighted by molar-refractivity contribution is 0.701. The highest BCUT2D eigenvalue weighted by Crippen LogP contribution is 2.15. The number of fused-ring (bicyclic) bond motifs is 3. The van der Waals surface area contributed by atoms with Crippen molar-refractivity contribution in [3.8, 4) is 0 Å². The van der Waals surface area contributed by atoms with Gasteiger partial charge in [0.2, 0.25) is 5.78 Å². The lowest BCUT2D eigenvalue weighted by Gasteiger charge is -2.02. The lowest BCUT2D eigenvalue weighted by atomic mass is 10.5. The molecule has 8 nitrogen and oxygen atoms in total. The molecule has 3 aromatic heterocycles. The van der Waals surface area contributed by atoms with Gasteiger partial charge in [-0.1, -0.05) is 0 Å². The van der Waals surface area contributed by atoms with Crippen LogP contribution in [0.4, 0.5) is 0 Å². The zero-order valence-electron chi connectivity index (χ0n) is 11.6. The number of aromatic nitrogens is 5. The van der Waals surface area contributed by atoms with Crippen LogP contribution in [0.25, 0.3) is 16.9 Å². The van der Waals surface area contributed by atoms with Crippen LogP contribution in [0.2, 0.25) is 0 Å². The molecule has 20 heavy (non-hydrogen) atoms. The van der Waals surface area contributed by atoms with E-state index in [0.29, 0.717) is 30.0 Å². The summed E-state index contributed by atoms with van der Waals surface area (Å²) < 4.78 is 6.13. The van der Waals surface area contributed by atoms with E-state index in [-0.39, 0.29) is 11.2 Å². The van der Waals surface area contributed by atoms with Crippen molar-refractivity contribution in [2.75, 3.05) is 6.54 Å². The van der Waals surface area contributed by atoms with E-state index in [4.69, 9.17) is 5.73 Å². The number of aryl methyl sites for hydroxylation is 2. The molecule has 0 aromatic carbocycles. The molecule has 0 bridgehead atoms. The minimum atomic E-state index is -0.384. The molecule has 0 radical (unpaired) electrons. The molecular formula is C12H16N6O2. The Morgan fingerprint density at radius 1 is 1.25 bits per heavy atom. The van der Waals surface area contributed by atoms with Crippen LogP contribution in [-0.4, -0.2) is 29.6 Å². The van der Waals surface area contributed by atoms with Crippen LogP contribution in [-0.2, 0) is 20.6 Å². The summed E-state index contributed by atoms with van der Waals surface area (Å²) in [6.07, 6.45) is 1.84. The first kappa shape index (κ1) is 12.7. The molecule has 0 amide bonds. The third kappa shape index (κ3) is 1.42. The Bertz CT molecular complexity index is 939. The molecule has 3 rings (SSSR count). The van der Waals surface area contributed by atoms with Crippen LogP contribution in [0.15, 0.2) is 15.8 Å². The topological polar surface area (TPSA) is 92.2 Å². The zero-order chi connectivity index (χ0) is 14.6. The Balaban J connectivity index is 2.57. The quantitative estimate of drug-likeness (QED) is 0.646. The van der Waals surface area contributed by atoms with Crippen molar-refractivity contribution < 1.29 is 0 Å². The Kier molecular flexibility index (Phi) is 2.58. The second-order valence-corrected chi connectivity index (χ2v) is 4.87. The smallest absolute Gasteiger partial charge is 0.329 e. The number of imidazole rings is 2. The van der Waals surface area contributed by atoms with Gasteiger partial charge in [0.1, 0.15) is 0 Å². The lowest BCUT2D eigenvalue weighted by Crippen LogP contribution is -2.37. The molecule has 0 fully saturated rings. The van der Waals surface area contributed by atoms with Crippen molar-refractivity contribution in [2.45, 2.75) is 13.5 Å². The molecule has 0 aliphatic heterocycles. The predicted molar refractivity (Wildman–Crippen MR) is 75.0 cm³/mol. The molecule has 0 saturated carbocycles. The average Bonchev–Trinajstić information content (AvgIpc) is 2.92. The van der Waals surface area contributed by atoms with Gasteiger partial charge in [-0.15, -0.1) is 0 Å². The molecular weight excluding hydrogens is 260 g/mol. The minimum Gasteiger partial charge on any atom is -0.329 e. The number of hydrogen-bond donors (Lipinski definition) is 1. The molecule has 3 heterocycles. The summed E-state index contributed by atoms with van der Waals surface area (Å²) in [5.74, 6) is 0.626. The van der Waals surface area contributed by atoms with Crippen LogP contribution in [0.5, 0.6) is 0 Å². The van der Waals surface area contributed by atoms with Gasteiger partial charge in [-0.25, -0.2) is 4.79 Å². The summed E-state index contributed by atoms with van der Waals surface area (Å²) in [6, 6.07) is 0. The van der Waals surface area contributed by atoms with Crippen molar-refractivity contribution in [2.24, 2.45) is 19.8 Å². The van der Waals surface area contributed by atoms with E-state index in [1.54, 1.807) is 11.4 Å². The largest absolute Gasteiger partial charge is 0.332 e. The first-order valence-electron chi connectivity index (χ1n) is 6.31. The maximum absolute atomic E-state index is 12.3. The zero-order valence-corrected chi connectivity index (χ0v) is 11.6. The Morgan fingerprint density at radius 3 is 2.60 bits per heavy atom. The maximum atomic E-state index is 12.3. The Morgan fingerprint density at radius 2 is 1.95 bits per heavy atom. The second kappa shape index (κ2) is 4.07. The third-order valence-corrected chi connectivity index (χ3v) is 3.61. The van der Waals surface area contributed by atoms with E-state index in [9.17, 15) is 9.59 Å². The summed E-state index contributed by atoms with van der Waals surface area (Å²) in [5, 5.41) is 0. The molecule has 0 aliphatic carbocycles.